The number of aryl methyl sites for hydroxylation is 2. The predicted octanol–water partition coefficient (Wildman–Crippen LogP) is 7.25. The molecule has 0 unspecified atom stereocenters. The van der Waals surface area contributed by atoms with Gasteiger partial charge in [-0.05, 0) is 54.9 Å². The zero-order valence-corrected chi connectivity index (χ0v) is 21.5. The predicted molar refractivity (Wildman–Crippen MR) is 146 cm³/mol. The first kappa shape index (κ1) is 24.3. The van der Waals surface area contributed by atoms with E-state index in [0.29, 0.717) is 34.8 Å². The Labute approximate surface area is 216 Å². The summed E-state index contributed by atoms with van der Waals surface area (Å²) in [4.78, 5) is 6.86. The van der Waals surface area contributed by atoms with Gasteiger partial charge < -0.3 is 14.8 Å². The summed E-state index contributed by atoms with van der Waals surface area (Å²) in [6, 6.07) is 26.2. The standard InChI is InChI=1S/C27H26Cl2N4S/c1-19-26(33(20(2)30-19)18-23-13-14-24(28)15-25(23)29)31-27(34)32(16-21-9-5-3-6-10-21)17-22-11-7-4-8-12-22/h3-15H,16-18H2,1-2H3,(H,31,34). The molecule has 0 fully saturated rings. The maximum Gasteiger partial charge on any atom is 0.175 e. The van der Waals surface area contributed by atoms with E-state index in [2.05, 4.69) is 44.0 Å². The van der Waals surface area contributed by atoms with Crippen LogP contribution in [0, 0.1) is 13.8 Å². The minimum Gasteiger partial charge on any atom is -0.340 e. The zero-order chi connectivity index (χ0) is 24.1. The largest absolute Gasteiger partial charge is 0.340 e. The third kappa shape index (κ3) is 5.98. The van der Waals surface area contributed by atoms with Crippen LogP contribution in [0.1, 0.15) is 28.2 Å². The highest BCUT2D eigenvalue weighted by Crippen LogP contribution is 2.26. The van der Waals surface area contributed by atoms with Gasteiger partial charge in [0.1, 0.15) is 11.6 Å². The molecule has 0 saturated heterocycles. The SMILES string of the molecule is Cc1nc(C)n(Cc2ccc(Cl)cc2Cl)c1NC(=S)N(Cc1ccccc1)Cc1ccccc1. The summed E-state index contributed by atoms with van der Waals surface area (Å²) in [5, 5.41) is 5.36. The molecule has 0 bridgehead atoms. The highest BCUT2D eigenvalue weighted by molar-refractivity contribution is 7.80. The van der Waals surface area contributed by atoms with Gasteiger partial charge in [-0.3, -0.25) is 0 Å². The summed E-state index contributed by atoms with van der Waals surface area (Å²) >= 11 is 18.5. The fourth-order valence-corrected chi connectivity index (χ4v) is 4.57. The number of hydrogen-bond donors (Lipinski definition) is 1. The van der Waals surface area contributed by atoms with Crippen LogP contribution in [0.5, 0.6) is 0 Å². The van der Waals surface area contributed by atoms with Crippen molar-refractivity contribution >= 4 is 46.4 Å². The van der Waals surface area contributed by atoms with E-state index in [9.17, 15) is 0 Å². The zero-order valence-electron chi connectivity index (χ0n) is 19.1. The minimum absolute atomic E-state index is 0.561. The molecule has 0 radical (unpaired) electrons. The van der Waals surface area contributed by atoms with Gasteiger partial charge >= 0.3 is 0 Å². The molecule has 3 aromatic carbocycles. The van der Waals surface area contributed by atoms with Gasteiger partial charge in [-0.25, -0.2) is 4.98 Å². The number of anilines is 1. The van der Waals surface area contributed by atoms with Crippen LogP contribution >= 0.6 is 35.4 Å². The number of hydrogen-bond acceptors (Lipinski definition) is 2. The topological polar surface area (TPSA) is 33.1 Å². The van der Waals surface area contributed by atoms with Crippen molar-refractivity contribution in [1.82, 2.24) is 14.5 Å². The van der Waals surface area contributed by atoms with Crippen molar-refractivity contribution in [2.24, 2.45) is 0 Å². The Balaban J connectivity index is 1.60. The van der Waals surface area contributed by atoms with Crippen molar-refractivity contribution in [1.29, 1.82) is 0 Å². The molecule has 0 aliphatic rings. The first-order chi connectivity index (χ1) is 16.4. The number of aromatic nitrogens is 2. The number of thiocarbonyl (C=S) groups is 1. The average Bonchev–Trinajstić information content (AvgIpc) is 3.08. The molecule has 1 N–H and O–H groups in total. The maximum atomic E-state index is 6.46. The molecule has 174 valence electrons. The molecular formula is C27H26Cl2N4S. The van der Waals surface area contributed by atoms with Crippen LogP contribution in [-0.2, 0) is 19.6 Å². The van der Waals surface area contributed by atoms with E-state index in [0.717, 1.165) is 22.9 Å². The Morgan fingerprint density at radius 3 is 2.06 bits per heavy atom. The van der Waals surface area contributed by atoms with Crippen LogP contribution in [0.3, 0.4) is 0 Å². The molecule has 0 atom stereocenters. The second kappa shape index (κ2) is 11.0. The minimum atomic E-state index is 0.561. The van der Waals surface area contributed by atoms with Crippen LogP contribution in [0.4, 0.5) is 5.82 Å². The quantitative estimate of drug-likeness (QED) is 0.266. The summed E-state index contributed by atoms with van der Waals surface area (Å²) in [5.74, 6) is 1.74. The van der Waals surface area contributed by atoms with E-state index in [1.54, 1.807) is 6.07 Å². The summed E-state index contributed by atoms with van der Waals surface area (Å²) in [5.41, 5.74) is 4.23. The molecule has 7 heteroatoms. The first-order valence-corrected chi connectivity index (χ1v) is 12.2. The maximum absolute atomic E-state index is 6.46. The molecule has 34 heavy (non-hydrogen) atoms. The number of halogens is 2. The lowest BCUT2D eigenvalue weighted by Gasteiger charge is -2.27. The summed E-state index contributed by atoms with van der Waals surface area (Å²) in [7, 11) is 0. The van der Waals surface area contributed by atoms with Crippen molar-refractivity contribution in [2.45, 2.75) is 33.5 Å². The van der Waals surface area contributed by atoms with Crippen molar-refractivity contribution < 1.29 is 0 Å². The average molecular weight is 510 g/mol. The number of rotatable bonds is 7. The van der Waals surface area contributed by atoms with Crippen LogP contribution < -0.4 is 5.32 Å². The normalized spacial score (nSPS) is 10.8. The summed E-state index contributed by atoms with van der Waals surface area (Å²) in [6.45, 7) is 5.91. The van der Waals surface area contributed by atoms with E-state index in [-0.39, 0.29) is 0 Å². The van der Waals surface area contributed by atoms with Gasteiger partial charge in [-0.1, -0.05) is 89.9 Å². The van der Waals surface area contributed by atoms with Crippen molar-refractivity contribution in [3.8, 4) is 0 Å². The molecule has 0 spiro atoms. The lowest BCUT2D eigenvalue weighted by atomic mass is 10.2. The highest BCUT2D eigenvalue weighted by atomic mass is 35.5. The Morgan fingerprint density at radius 2 is 1.50 bits per heavy atom. The van der Waals surface area contributed by atoms with E-state index in [1.165, 1.54) is 11.1 Å². The molecular weight excluding hydrogens is 483 g/mol. The second-order valence-corrected chi connectivity index (χ2v) is 9.40. The van der Waals surface area contributed by atoms with Gasteiger partial charge in [0.05, 0.1) is 12.2 Å². The van der Waals surface area contributed by atoms with Gasteiger partial charge in [0, 0.05) is 23.1 Å². The second-order valence-electron chi connectivity index (χ2n) is 8.17. The fourth-order valence-electron chi connectivity index (χ4n) is 3.87. The Kier molecular flexibility index (Phi) is 7.88. The van der Waals surface area contributed by atoms with E-state index in [4.69, 9.17) is 35.4 Å². The van der Waals surface area contributed by atoms with Crippen LogP contribution in [0.15, 0.2) is 78.9 Å². The van der Waals surface area contributed by atoms with Gasteiger partial charge in [0.25, 0.3) is 0 Å². The van der Waals surface area contributed by atoms with Crippen molar-refractivity contribution in [2.75, 3.05) is 5.32 Å². The molecule has 4 rings (SSSR count). The Bertz CT molecular complexity index is 1230. The molecule has 4 nitrogen and oxygen atoms in total. The highest BCUT2D eigenvalue weighted by Gasteiger charge is 2.18. The van der Waals surface area contributed by atoms with E-state index < -0.39 is 0 Å². The number of nitrogens with zero attached hydrogens (tertiary/aromatic N) is 3. The third-order valence-electron chi connectivity index (χ3n) is 5.62. The molecule has 1 aromatic heterocycles. The van der Waals surface area contributed by atoms with Crippen LogP contribution in [-0.4, -0.2) is 19.6 Å². The molecule has 0 saturated carbocycles. The molecule has 4 aromatic rings. The van der Waals surface area contributed by atoms with Crippen molar-refractivity contribution in [3.05, 3.63) is 117 Å². The fraction of sp³-hybridized carbons (Fsp3) is 0.185. The molecule has 0 aliphatic heterocycles. The summed E-state index contributed by atoms with van der Waals surface area (Å²) in [6.07, 6.45) is 0. The van der Waals surface area contributed by atoms with Crippen LogP contribution in [0.2, 0.25) is 10.0 Å². The number of nitrogens with one attached hydrogen (secondary N) is 1. The number of benzene rings is 3. The Hall–Kier alpha value is -2.86. The van der Waals surface area contributed by atoms with E-state index >= 15 is 0 Å². The van der Waals surface area contributed by atoms with Gasteiger partial charge in [0.15, 0.2) is 5.11 Å². The third-order valence-corrected chi connectivity index (χ3v) is 6.57. The van der Waals surface area contributed by atoms with Gasteiger partial charge in [0.2, 0.25) is 0 Å². The molecule has 1 heterocycles. The van der Waals surface area contributed by atoms with Crippen molar-refractivity contribution in [3.63, 3.8) is 0 Å². The summed E-state index contributed by atoms with van der Waals surface area (Å²) < 4.78 is 2.10. The van der Waals surface area contributed by atoms with Gasteiger partial charge in [-0.15, -0.1) is 0 Å². The molecule has 0 amide bonds. The number of imidazole rings is 1. The Morgan fingerprint density at radius 1 is 0.912 bits per heavy atom. The van der Waals surface area contributed by atoms with E-state index in [1.807, 2.05) is 62.4 Å². The lowest BCUT2D eigenvalue weighted by molar-refractivity contribution is 0.412. The first-order valence-electron chi connectivity index (χ1n) is 11.0. The van der Waals surface area contributed by atoms with Crippen LogP contribution in [0.25, 0.3) is 0 Å². The molecule has 0 aliphatic carbocycles. The lowest BCUT2D eigenvalue weighted by Crippen LogP contribution is -2.34. The van der Waals surface area contributed by atoms with Gasteiger partial charge in [-0.2, -0.15) is 0 Å². The monoisotopic (exact) mass is 508 g/mol. The smallest absolute Gasteiger partial charge is 0.175 e.